The molecule has 2 nitrogen and oxygen atoms in total. The van der Waals surface area contributed by atoms with Crippen molar-refractivity contribution in [1.29, 1.82) is 0 Å². The Labute approximate surface area is 114 Å². The number of hydrogen-bond acceptors (Lipinski definition) is 2. The van der Waals surface area contributed by atoms with Crippen LogP contribution in [0.25, 0.3) is 0 Å². The molecular weight excluding hydrogens is 244 g/mol. The second kappa shape index (κ2) is 4.84. The van der Waals surface area contributed by atoms with E-state index in [2.05, 4.69) is 35.5 Å². The van der Waals surface area contributed by atoms with Crippen molar-refractivity contribution in [2.45, 2.75) is 18.8 Å². The zero-order chi connectivity index (χ0) is 12.6. The van der Waals surface area contributed by atoms with Gasteiger partial charge in [0.2, 0.25) is 0 Å². The summed E-state index contributed by atoms with van der Waals surface area (Å²) >= 11 is 6.15. The SMILES string of the molecule is CN1CCC2(CC1)CNCC2c1cccc(Cl)c1. The Morgan fingerprint density at radius 1 is 1.33 bits per heavy atom. The van der Waals surface area contributed by atoms with Gasteiger partial charge in [-0.3, -0.25) is 0 Å². The van der Waals surface area contributed by atoms with Crippen LogP contribution in [0.3, 0.4) is 0 Å². The Morgan fingerprint density at radius 3 is 2.83 bits per heavy atom. The maximum Gasteiger partial charge on any atom is 0.0408 e. The summed E-state index contributed by atoms with van der Waals surface area (Å²) in [6.45, 7) is 4.71. The van der Waals surface area contributed by atoms with Gasteiger partial charge in [-0.1, -0.05) is 23.7 Å². The molecule has 0 bridgehead atoms. The van der Waals surface area contributed by atoms with E-state index in [1.807, 2.05) is 6.07 Å². The molecule has 1 aromatic rings. The van der Waals surface area contributed by atoms with Gasteiger partial charge in [0.25, 0.3) is 0 Å². The van der Waals surface area contributed by atoms with Crippen LogP contribution in [0.1, 0.15) is 24.3 Å². The molecule has 1 N–H and O–H groups in total. The van der Waals surface area contributed by atoms with Crippen molar-refractivity contribution in [2.24, 2.45) is 5.41 Å². The summed E-state index contributed by atoms with van der Waals surface area (Å²) in [6.07, 6.45) is 2.60. The lowest BCUT2D eigenvalue weighted by Gasteiger charge is -2.41. The number of halogens is 1. The van der Waals surface area contributed by atoms with Gasteiger partial charge >= 0.3 is 0 Å². The Balaban J connectivity index is 1.87. The van der Waals surface area contributed by atoms with Gasteiger partial charge in [-0.15, -0.1) is 0 Å². The predicted molar refractivity (Wildman–Crippen MR) is 76.2 cm³/mol. The lowest BCUT2D eigenvalue weighted by molar-refractivity contribution is 0.124. The van der Waals surface area contributed by atoms with Crippen molar-refractivity contribution >= 4 is 11.6 Å². The number of rotatable bonds is 1. The molecule has 2 fully saturated rings. The van der Waals surface area contributed by atoms with E-state index >= 15 is 0 Å². The van der Waals surface area contributed by atoms with Crippen molar-refractivity contribution in [2.75, 3.05) is 33.2 Å². The van der Waals surface area contributed by atoms with Gasteiger partial charge in [0.05, 0.1) is 0 Å². The van der Waals surface area contributed by atoms with Crippen molar-refractivity contribution in [3.05, 3.63) is 34.9 Å². The fourth-order valence-electron chi connectivity index (χ4n) is 3.59. The van der Waals surface area contributed by atoms with Crippen LogP contribution >= 0.6 is 11.6 Å². The summed E-state index contributed by atoms with van der Waals surface area (Å²) in [7, 11) is 2.23. The third-order valence-electron chi connectivity index (χ3n) is 4.80. The largest absolute Gasteiger partial charge is 0.316 e. The number of nitrogens with zero attached hydrogens (tertiary/aromatic N) is 1. The Hall–Kier alpha value is -0.570. The first-order chi connectivity index (χ1) is 8.70. The molecule has 1 spiro atoms. The number of nitrogens with one attached hydrogen (secondary N) is 1. The summed E-state index contributed by atoms with van der Waals surface area (Å²) in [5.41, 5.74) is 1.87. The normalized spacial score (nSPS) is 27.8. The van der Waals surface area contributed by atoms with Crippen molar-refractivity contribution in [3.63, 3.8) is 0 Å². The molecule has 2 aliphatic heterocycles. The molecule has 3 heteroatoms. The van der Waals surface area contributed by atoms with E-state index in [4.69, 9.17) is 11.6 Å². The quantitative estimate of drug-likeness (QED) is 0.839. The summed E-state index contributed by atoms with van der Waals surface area (Å²) < 4.78 is 0. The molecule has 0 amide bonds. The number of piperidine rings is 1. The highest BCUT2D eigenvalue weighted by atomic mass is 35.5. The first-order valence-corrected chi connectivity index (χ1v) is 7.22. The van der Waals surface area contributed by atoms with Crippen LogP contribution in [0.4, 0.5) is 0 Å². The Morgan fingerprint density at radius 2 is 2.11 bits per heavy atom. The summed E-state index contributed by atoms with van der Waals surface area (Å²) in [6, 6.07) is 8.44. The monoisotopic (exact) mass is 264 g/mol. The van der Waals surface area contributed by atoms with E-state index in [9.17, 15) is 0 Å². The van der Waals surface area contributed by atoms with Crippen LogP contribution in [-0.2, 0) is 0 Å². The molecule has 3 rings (SSSR count). The van der Waals surface area contributed by atoms with E-state index in [0.717, 1.165) is 18.1 Å². The summed E-state index contributed by atoms with van der Waals surface area (Å²) in [4.78, 5) is 2.44. The fraction of sp³-hybridized carbons (Fsp3) is 0.600. The average molecular weight is 265 g/mol. The standard InChI is InChI=1S/C15H21ClN2/c1-18-7-5-15(6-8-18)11-17-10-14(15)12-3-2-4-13(16)9-12/h2-4,9,14,17H,5-8,10-11H2,1H3. The molecule has 2 saturated heterocycles. The lowest BCUT2D eigenvalue weighted by Crippen LogP contribution is -2.41. The van der Waals surface area contributed by atoms with Crippen LogP contribution in [0.5, 0.6) is 0 Å². The van der Waals surface area contributed by atoms with E-state index in [1.165, 1.54) is 31.5 Å². The summed E-state index contributed by atoms with van der Waals surface area (Å²) in [5, 5.41) is 4.47. The van der Waals surface area contributed by atoms with Crippen LogP contribution < -0.4 is 5.32 Å². The lowest BCUT2D eigenvalue weighted by atomic mass is 9.68. The maximum atomic E-state index is 6.15. The second-order valence-electron chi connectivity index (χ2n) is 5.90. The third kappa shape index (κ3) is 2.18. The first kappa shape index (κ1) is 12.5. The van der Waals surface area contributed by atoms with Gasteiger partial charge in [0.15, 0.2) is 0 Å². The molecule has 98 valence electrons. The summed E-state index contributed by atoms with van der Waals surface area (Å²) in [5.74, 6) is 0.630. The van der Waals surface area contributed by atoms with Gasteiger partial charge in [-0.2, -0.15) is 0 Å². The second-order valence-corrected chi connectivity index (χ2v) is 6.34. The van der Waals surface area contributed by atoms with Gasteiger partial charge in [-0.05, 0) is 56.1 Å². The molecule has 0 aliphatic carbocycles. The van der Waals surface area contributed by atoms with Crippen molar-refractivity contribution < 1.29 is 0 Å². The molecule has 1 aromatic carbocycles. The molecule has 1 atom stereocenters. The zero-order valence-electron chi connectivity index (χ0n) is 11.0. The Kier molecular flexibility index (Phi) is 3.35. The van der Waals surface area contributed by atoms with Gasteiger partial charge < -0.3 is 10.2 Å². The van der Waals surface area contributed by atoms with Crippen LogP contribution in [-0.4, -0.2) is 38.1 Å². The van der Waals surface area contributed by atoms with Crippen LogP contribution in [0.2, 0.25) is 5.02 Å². The number of likely N-dealkylation sites (tertiary alicyclic amines) is 1. The van der Waals surface area contributed by atoms with Crippen molar-refractivity contribution in [1.82, 2.24) is 10.2 Å². The van der Waals surface area contributed by atoms with Gasteiger partial charge in [-0.25, -0.2) is 0 Å². The molecule has 2 aliphatic rings. The Bertz CT molecular complexity index is 424. The third-order valence-corrected chi connectivity index (χ3v) is 5.03. The van der Waals surface area contributed by atoms with Gasteiger partial charge in [0, 0.05) is 24.0 Å². The minimum absolute atomic E-state index is 0.456. The minimum Gasteiger partial charge on any atom is -0.316 e. The molecule has 18 heavy (non-hydrogen) atoms. The molecule has 1 unspecified atom stereocenters. The van der Waals surface area contributed by atoms with E-state index in [0.29, 0.717) is 11.3 Å². The highest BCUT2D eigenvalue weighted by Crippen LogP contribution is 2.46. The first-order valence-electron chi connectivity index (χ1n) is 6.84. The van der Waals surface area contributed by atoms with E-state index in [-0.39, 0.29) is 0 Å². The molecular formula is C15H21ClN2. The predicted octanol–water partition coefficient (Wildman–Crippen LogP) is 2.74. The van der Waals surface area contributed by atoms with Crippen molar-refractivity contribution in [3.8, 4) is 0 Å². The smallest absolute Gasteiger partial charge is 0.0408 e. The topological polar surface area (TPSA) is 15.3 Å². The van der Waals surface area contributed by atoms with Crippen LogP contribution in [0, 0.1) is 5.41 Å². The average Bonchev–Trinajstić information content (AvgIpc) is 2.77. The highest BCUT2D eigenvalue weighted by Gasteiger charge is 2.44. The molecule has 0 saturated carbocycles. The molecule has 2 heterocycles. The highest BCUT2D eigenvalue weighted by molar-refractivity contribution is 6.30. The van der Waals surface area contributed by atoms with E-state index in [1.54, 1.807) is 0 Å². The number of benzene rings is 1. The fourth-order valence-corrected chi connectivity index (χ4v) is 3.79. The minimum atomic E-state index is 0.456. The van der Waals surface area contributed by atoms with E-state index < -0.39 is 0 Å². The zero-order valence-corrected chi connectivity index (χ0v) is 11.7. The van der Waals surface area contributed by atoms with Crippen LogP contribution in [0.15, 0.2) is 24.3 Å². The molecule has 0 aromatic heterocycles. The number of hydrogen-bond donors (Lipinski definition) is 1. The van der Waals surface area contributed by atoms with Gasteiger partial charge in [0.1, 0.15) is 0 Å². The molecule has 0 radical (unpaired) electrons. The maximum absolute atomic E-state index is 6.15.